The molecule has 0 amide bonds. The molecule has 0 spiro atoms. The van der Waals surface area contributed by atoms with Crippen LogP contribution < -0.4 is 0 Å². The highest BCUT2D eigenvalue weighted by molar-refractivity contribution is 5.91. The molecule has 0 saturated heterocycles. The number of carbonyl (C=O) groups excluding carboxylic acids is 2. The fraction of sp³-hybridized carbons (Fsp3) is 0.467. The Balaban J connectivity index is 0.00000106. The number of ether oxygens (including phenoxy) is 2. The smallest absolute Gasteiger partial charge is 0.338 e. The number of fused-ring (bicyclic) bond motifs is 1. The molecule has 116 valence electrons. The molecule has 1 heterocycles. The maximum absolute atomic E-state index is 13.5. The first kappa shape index (κ1) is 17.1. The van der Waals surface area contributed by atoms with E-state index in [1.165, 1.54) is 20.3 Å². The van der Waals surface area contributed by atoms with Crippen molar-refractivity contribution in [2.45, 2.75) is 26.9 Å². The quantitative estimate of drug-likeness (QED) is 0.800. The maximum Gasteiger partial charge on any atom is 0.338 e. The van der Waals surface area contributed by atoms with E-state index in [1.807, 2.05) is 13.8 Å². The van der Waals surface area contributed by atoms with E-state index < -0.39 is 11.8 Å². The summed E-state index contributed by atoms with van der Waals surface area (Å²) in [5.74, 6) is -1.43. The maximum atomic E-state index is 13.5. The number of rotatable bonds is 3. The lowest BCUT2D eigenvalue weighted by Gasteiger charge is -2.12. The normalized spacial score (nSPS) is 13.0. The first-order valence-corrected chi connectivity index (χ1v) is 6.74. The Bertz CT molecular complexity index is 531. The van der Waals surface area contributed by atoms with Crippen LogP contribution in [-0.4, -0.2) is 37.6 Å². The molecular weight excluding hydrogens is 277 g/mol. The number of nitrogens with zero attached hydrogens (tertiary/aromatic N) is 1. The third-order valence-electron chi connectivity index (χ3n) is 3.07. The number of hydrogen-bond donors (Lipinski definition) is 0. The van der Waals surface area contributed by atoms with Crippen LogP contribution in [0.5, 0.6) is 0 Å². The van der Waals surface area contributed by atoms with Crippen LogP contribution in [0.25, 0.3) is 0 Å². The van der Waals surface area contributed by atoms with Gasteiger partial charge in [0.2, 0.25) is 0 Å². The number of benzene rings is 1. The molecule has 0 bridgehead atoms. The van der Waals surface area contributed by atoms with Gasteiger partial charge in [0, 0.05) is 13.1 Å². The average molecular weight is 297 g/mol. The summed E-state index contributed by atoms with van der Waals surface area (Å²) in [5.41, 5.74) is 1.62. The first-order chi connectivity index (χ1) is 10.0. The van der Waals surface area contributed by atoms with Crippen molar-refractivity contribution in [3.8, 4) is 0 Å². The number of methoxy groups -OCH3 is 2. The first-order valence-electron chi connectivity index (χ1n) is 6.74. The summed E-state index contributed by atoms with van der Waals surface area (Å²) >= 11 is 0. The van der Waals surface area contributed by atoms with Gasteiger partial charge in [-0.15, -0.1) is 0 Å². The van der Waals surface area contributed by atoms with Gasteiger partial charge in [0.1, 0.15) is 5.82 Å². The van der Waals surface area contributed by atoms with E-state index in [4.69, 9.17) is 0 Å². The Hall–Kier alpha value is -1.95. The minimum absolute atomic E-state index is 0.105. The topological polar surface area (TPSA) is 55.8 Å². The molecule has 0 saturated carbocycles. The predicted octanol–water partition coefficient (Wildman–Crippen LogP) is 2.13. The van der Waals surface area contributed by atoms with E-state index >= 15 is 0 Å². The molecule has 0 unspecified atom stereocenters. The van der Waals surface area contributed by atoms with Crippen molar-refractivity contribution in [1.29, 1.82) is 0 Å². The van der Waals surface area contributed by atoms with Crippen LogP contribution in [0.4, 0.5) is 4.39 Å². The van der Waals surface area contributed by atoms with Crippen LogP contribution in [0.2, 0.25) is 0 Å². The summed E-state index contributed by atoms with van der Waals surface area (Å²) in [6.07, 6.45) is 0. The van der Waals surface area contributed by atoms with E-state index in [-0.39, 0.29) is 18.1 Å². The number of halogens is 1. The van der Waals surface area contributed by atoms with Crippen molar-refractivity contribution in [3.05, 3.63) is 34.6 Å². The fourth-order valence-electron chi connectivity index (χ4n) is 2.19. The standard InChI is InChI=1S/C13H14FNO4.C2H6/c1-18-12(16)7-15-5-8-3-9(14)4-10(11(8)6-15)13(17)19-2;1-2/h3-4H,5-7H2,1-2H3;1-2H3. The molecule has 1 aliphatic heterocycles. The monoisotopic (exact) mass is 297 g/mol. The summed E-state index contributed by atoms with van der Waals surface area (Å²) < 4.78 is 22.7. The molecule has 6 heteroatoms. The summed E-state index contributed by atoms with van der Waals surface area (Å²) in [4.78, 5) is 24.6. The lowest BCUT2D eigenvalue weighted by Crippen LogP contribution is -2.25. The molecule has 1 aromatic carbocycles. The lowest BCUT2D eigenvalue weighted by molar-refractivity contribution is -0.142. The third-order valence-corrected chi connectivity index (χ3v) is 3.07. The number of hydrogen-bond acceptors (Lipinski definition) is 5. The molecule has 21 heavy (non-hydrogen) atoms. The Morgan fingerprint density at radius 3 is 2.43 bits per heavy atom. The van der Waals surface area contributed by atoms with Gasteiger partial charge in [-0.2, -0.15) is 0 Å². The van der Waals surface area contributed by atoms with E-state index in [9.17, 15) is 14.0 Å². The molecule has 0 N–H and O–H groups in total. The van der Waals surface area contributed by atoms with Gasteiger partial charge in [0.05, 0.1) is 26.3 Å². The second-order valence-electron chi connectivity index (χ2n) is 4.30. The zero-order valence-electron chi connectivity index (χ0n) is 12.7. The van der Waals surface area contributed by atoms with E-state index in [0.29, 0.717) is 24.2 Å². The van der Waals surface area contributed by atoms with Gasteiger partial charge in [-0.3, -0.25) is 9.69 Å². The molecule has 5 nitrogen and oxygen atoms in total. The summed E-state index contributed by atoms with van der Waals surface area (Å²) in [5, 5.41) is 0. The van der Waals surface area contributed by atoms with Gasteiger partial charge >= 0.3 is 11.9 Å². The molecule has 0 aliphatic carbocycles. The molecule has 2 rings (SSSR count). The van der Waals surface area contributed by atoms with Gasteiger partial charge in [-0.25, -0.2) is 9.18 Å². The zero-order valence-corrected chi connectivity index (χ0v) is 12.7. The highest BCUT2D eigenvalue weighted by atomic mass is 19.1. The molecule has 0 atom stereocenters. The Morgan fingerprint density at radius 1 is 1.19 bits per heavy atom. The van der Waals surface area contributed by atoms with Gasteiger partial charge in [0.15, 0.2) is 0 Å². The molecule has 1 aromatic rings. The highest BCUT2D eigenvalue weighted by Gasteiger charge is 2.27. The lowest BCUT2D eigenvalue weighted by atomic mass is 10.0. The molecule has 0 fully saturated rings. The SMILES string of the molecule is CC.COC(=O)CN1Cc2cc(F)cc(C(=O)OC)c2C1. The largest absolute Gasteiger partial charge is 0.468 e. The average Bonchev–Trinajstić information content (AvgIpc) is 2.89. The van der Waals surface area contributed by atoms with E-state index in [1.54, 1.807) is 4.90 Å². The van der Waals surface area contributed by atoms with E-state index in [0.717, 1.165) is 6.07 Å². The minimum Gasteiger partial charge on any atom is -0.468 e. The van der Waals surface area contributed by atoms with Gasteiger partial charge < -0.3 is 9.47 Å². The Kier molecular flexibility index (Phi) is 6.30. The van der Waals surface area contributed by atoms with Crippen molar-refractivity contribution in [3.63, 3.8) is 0 Å². The van der Waals surface area contributed by atoms with Crippen molar-refractivity contribution in [1.82, 2.24) is 4.90 Å². The number of carbonyl (C=O) groups is 2. The summed E-state index contributed by atoms with van der Waals surface area (Å²) in [7, 11) is 2.56. The van der Waals surface area contributed by atoms with Gasteiger partial charge in [0.25, 0.3) is 0 Å². The van der Waals surface area contributed by atoms with Crippen LogP contribution in [0.15, 0.2) is 12.1 Å². The highest BCUT2D eigenvalue weighted by Crippen LogP contribution is 2.27. The van der Waals surface area contributed by atoms with Crippen LogP contribution in [-0.2, 0) is 27.4 Å². The van der Waals surface area contributed by atoms with Crippen molar-refractivity contribution < 1.29 is 23.5 Å². The molecule has 0 aromatic heterocycles. The molecular formula is C15H20FNO4. The summed E-state index contributed by atoms with van der Waals surface area (Å²) in [6, 6.07) is 2.53. The molecule has 1 aliphatic rings. The van der Waals surface area contributed by atoms with Crippen LogP contribution in [0, 0.1) is 5.82 Å². The Morgan fingerprint density at radius 2 is 1.86 bits per heavy atom. The van der Waals surface area contributed by atoms with Crippen LogP contribution >= 0.6 is 0 Å². The zero-order chi connectivity index (χ0) is 16.0. The second kappa shape index (κ2) is 7.73. The Labute approximate surface area is 123 Å². The van der Waals surface area contributed by atoms with Crippen LogP contribution in [0.1, 0.15) is 35.3 Å². The second-order valence-corrected chi connectivity index (χ2v) is 4.30. The third kappa shape index (κ3) is 4.01. The van der Waals surface area contributed by atoms with Gasteiger partial charge in [-0.1, -0.05) is 13.8 Å². The summed E-state index contributed by atoms with van der Waals surface area (Å²) in [6.45, 7) is 4.91. The van der Waals surface area contributed by atoms with Crippen LogP contribution in [0.3, 0.4) is 0 Å². The minimum atomic E-state index is -0.573. The number of esters is 2. The van der Waals surface area contributed by atoms with E-state index in [2.05, 4.69) is 9.47 Å². The predicted molar refractivity (Wildman–Crippen MR) is 75.2 cm³/mol. The fourth-order valence-corrected chi connectivity index (χ4v) is 2.19. The van der Waals surface area contributed by atoms with Crippen molar-refractivity contribution >= 4 is 11.9 Å². The van der Waals surface area contributed by atoms with Gasteiger partial charge in [-0.05, 0) is 23.3 Å². The molecule has 0 radical (unpaired) electrons. The van der Waals surface area contributed by atoms with Crippen molar-refractivity contribution in [2.75, 3.05) is 20.8 Å². The van der Waals surface area contributed by atoms with Crippen molar-refractivity contribution in [2.24, 2.45) is 0 Å².